The molecule has 0 spiro atoms. The fourth-order valence-corrected chi connectivity index (χ4v) is 4.43. The van der Waals surface area contributed by atoms with Crippen LogP contribution in [0.1, 0.15) is 43.5 Å². The number of hydrogen-bond donors (Lipinski definition) is 1. The fraction of sp³-hybridized carbons (Fsp3) is 0.458. The highest BCUT2D eigenvalue weighted by atomic mass is 32.2. The molecule has 0 saturated carbocycles. The molecule has 0 aliphatic heterocycles. The highest BCUT2D eigenvalue weighted by Gasteiger charge is 2.29. The number of aryl methyl sites for hydroxylation is 2. The van der Waals surface area contributed by atoms with Crippen LogP contribution < -0.4 is 19.1 Å². The van der Waals surface area contributed by atoms with E-state index in [1.54, 1.807) is 6.07 Å². The summed E-state index contributed by atoms with van der Waals surface area (Å²) in [6, 6.07) is 10.7. The molecule has 0 radical (unpaired) electrons. The van der Waals surface area contributed by atoms with Crippen LogP contribution in [0.5, 0.6) is 11.5 Å². The lowest BCUT2D eigenvalue weighted by atomic mass is 10.1. The first-order chi connectivity index (χ1) is 15.5. The Balaban J connectivity index is 2.28. The third-order valence-corrected chi connectivity index (χ3v) is 6.91. The Morgan fingerprint density at radius 3 is 2.24 bits per heavy atom. The van der Waals surface area contributed by atoms with Crippen molar-refractivity contribution in [2.75, 3.05) is 38.2 Å². The van der Waals surface area contributed by atoms with Gasteiger partial charge in [-0.15, -0.1) is 0 Å². The first kappa shape index (κ1) is 26.5. The van der Waals surface area contributed by atoms with Crippen LogP contribution in [0.15, 0.2) is 36.4 Å². The Morgan fingerprint density at radius 2 is 1.64 bits per heavy atom. The molecule has 33 heavy (non-hydrogen) atoms. The van der Waals surface area contributed by atoms with Crippen LogP contribution in [-0.4, -0.2) is 52.5 Å². The topological polar surface area (TPSA) is 88.2 Å². The molecule has 0 aliphatic rings. The van der Waals surface area contributed by atoms with Crippen LogP contribution in [0.3, 0.4) is 0 Å². The maximum atomic E-state index is 13.0. The molecule has 0 heterocycles. The first-order valence-corrected chi connectivity index (χ1v) is 12.4. The summed E-state index contributed by atoms with van der Waals surface area (Å²) in [5.41, 5.74) is 2.97. The summed E-state index contributed by atoms with van der Waals surface area (Å²) in [6.07, 6.45) is 0. The lowest BCUT2D eigenvalue weighted by Gasteiger charge is -2.29. The summed E-state index contributed by atoms with van der Waals surface area (Å²) in [6.45, 7) is 9.99. The molecule has 9 heteroatoms. The van der Waals surface area contributed by atoms with Crippen LogP contribution in [0.2, 0.25) is 0 Å². The minimum atomic E-state index is -3.88. The Labute approximate surface area is 197 Å². The molecular weight excluding hydrogens is 442 g/mol. The number of nitrogens with zero attached hydrogens (tertiary/aromatic N) is 2. The number of carbonyl (C=O) groups excluding carboxylic acids is 1. The van der Waals surface area contributed by atoms with E-state index < -0.39 is 16.1 Å². The van der Waals surface area contributed by atoms with Crippen molar-refractivity contribution in [3.63, 3.8) is 0 Å². The van der Waals surface area contributed by atoms with Gasteiger partial charge in [0.05, 0.1) is 24.9 Å². The summed E-state index contributed by atoms with van der Waals surface area (Å²) < 4.78 is 39.6. The van der Waals surface area contributed by atoms with Crippen LogP contribution >= 0.6 is 0 Å². The summed E-state index contributed by atoms with van der Waals surface area (Å²) in [7, 11) is -0.988. The van der Waals surface area contributed by atoms with Crippen molar-refractivity contribution < 1.29 is 22.7 Å². The summed E-state index contributed by atoms with van der Waals surface area (Å²) >= 11 is 0. The van der Waals surface area contributed by atoms with E-state index in [9.17, 15) is 13.2 Å². The molecule has 1 atom stereocenters. The van der Waals surface area contributed by atoms with Gasteiger partial charge >= 0.3 is 10.2 Å². The SMILES string of the molecule is CCOc1ccc(C(C)NC(=O)CN(c2cc(C)ccc2C)S(=O)(=O)N(C)C)cc1OCC. The van der Waals surface area contributed by atoms with E-state index in [0.29, 0.717) is 30.4 Å². The Bertz CT molecular complexity index is 1070. The van der Waals surface area contributed by atoms with Gasteiger partial charge in [0.1, 0.15) is 6.54 Å². The van der Waals surface area contributed by atoms with Crippen molar-refractivity contribution in [1.82, 2.24) is 9.62 Å². The van der Waals surface area contributed by atoms with Crippen molar-refractivity contribution in [3.05, 3.63) is 53.1 Å². The molecule has 1 unspecified atom stereocenters. The van der Waals surface area contributed by atoms with E-state index in [4.69, 9.17) is 9.47 Å². The monoisotopic (exact) mass is 477 g/mol. The molecule has 2 aromatic carbocycles. The summed E-state index contributed by atoms with van der Waals surface area (Å²) in [4.78, 5) is 13.0. The average Bonchev–Trinajstić information content (AvgIpc) is 2.75. The second-order valence-corrected chi connectivity index (χ2v) is 10.0. The Hall–Kier alpha value is -2.78. The summed E-state index contributed by atoms with van der Waals surface area (Å²) in [5.74, 6) is 0.825. The predicted molar refractivity (Wildman–Crippen MR) is 131 cm³/mol. The molecule has 0 aromatic heterocycles. The normalized spacial score (nSPS) is 12.4. The van der Waals surface area contributed by atoms with Crippen molar-refractivity contribution in [2.45, 2.75) is 40.7 Å². The average molecular weight is 478 g/mol. The van der Waals surface area contributed by atoms with E-state index in [1.165, 1.54) is 14.1 Å². The van der Waals surface area contributed by atoms with Gasteiger partial charge in [0.2, 0.25) is 5.91 Å². The highest BCUT2D eigenvalue weighted by molar-refractivity contribution is 7.90. The molecule has 0 saturated heterocycles. The van der Waals surface area contributed by atoms with E-state index in [0.717, 1.165) is 25.3 Å². The number of ether oxygens (including phenoxy) is 2. The van der Waals surface area contributed by atoms with Crippen LogP contribution in [-0.2, 0) is 15.0 Å². The zero-order chi connectivity index (χ0) is 24.8. The predicted octanol–water partition coefficient (Wildman–Crippen LogP) is 3.59. The second-order valence-electron chi connectivity index (χ2n) is 7.95. The number of benzene rings is 2. The lowest BCUT2D eigenvalue weighted by molar-refractivity contribution is -0.120. The molecular formula is C24H35N3O5S. The maximum absolute atomic E-state index is 13.0. The molecule has 8 nitrogen and oxygen atoms in total. The molecule has 0 aliphatic carbocycles. The van der Waals surface area contributed by atoms with E-state index in [2.05, 4.69) is 5.32 Å². The van der Waals surface area contributed by atoms with E-state index in [-0.39, 0.29) is 12.6 Å². The second kappa shape index (κ2) is 11.4. The number of nitrogens with one attached hydrogen (secondary N) is 1. The van der Waals surface area contributed by atoms with Gasteiger partial charge in [-0.05, 0) is 69.5 Å². The fourth-order valence-electron chi connectivity index (χ4n) is 3.31. The molecule has 0 fully saturated rings. The third kappa shape index (κ3) is 6.61. The van der Waals surface area contributed by atoms with Gasteiger partial charge in [-0.25, -0.2) is 4.31 Å². The summed E-state index contributed by atoms with van der Waals surface area (Å²) in [5, 5.41) is 2.90. The van der Waals surface area contributed by atoms with Gasteiger partial charge < -0.3 is 14.8 Å². The third-order valence-electron chi connectivity index (χ3n) is 5.11. The zero-order valence-electron chi connectivity index (χ0n) is 20.5. The molecule has 1 amide bonds. The number of anilines is 1. The molecule has 2 rings (SSSR count). The highest BCUT2D eigenvalue weighted by Crippen LogP contribution is 2.31. The van der Waals surface area contributed by atoms with Crippen molar-refractivity contribution in [1.29, 1.82) is 0 Å². The molecule has 182 valence electrons. The maximum Gasteiger partial charge on any atom is 0.304 e. The standard InChI is InChI=1S/C24H35N3O5S/c1-8-31-22-13-12-20(15-23(22)32-9-2)19(5)25-24(28)16-27(33(29,30)26(6)7)21-14-17(3)10-11-18(21)4/h10-15,19H,8-9,16H2,1-7H3,(H,25,28). The molecule has 0 bridgehead atoms. The smallest absolute Gasteiger partial charge is 0.304 e. The molecule has 1 N–H and O–H groups in total. The number of carbonyl (C=O) groups is 1. The number of amides is 1. The van der Waals surface area contributed by atoms with Crippen LogP contribution in [0.25, 0.3) is 0 Å². The Kier molecular flexibility index (Phi) is 9.13. The minimum Gasteiger partial charge on any atom is -0.490 e. The minimum absolute atomic E-state index is 0.343. The van der Waals surface area contributed by atoms with E-state index >= 15 is 0 Å². The quantitative estimate of drug-likeness (QED) is 0.534. The zero-order valence-corrected chi connectivity index (χ0v) is 21.3. The van der Waals surface area contributed by atoms with Crippen LogP contribution in [0.4, 0.5) is 5.69 Å². The lowest BCUT2D eigenvalue weighted by Crippen LogP contribution is -2.46. The largest absolute Gasteiger partial charge is 0.490 e. The van der Waals surface area contributed by atoms with Gasteiger partial charge in [0, 0.05) is 14.1 Å². The Morgan fingerprint density at radius 1 is 1.00 bits per heavy atom. The molecule has 2 aromatic rings. The van der Waals surface area contributed by atoms with Gasteiger partial charge in [-0.1, -0.05) is 18.2 Å². The van der Waals surface area contributed by atoms with E-state index in [1.807, 2.05) is 65.0 Å². The number of rotatable bonds is 11. The number of hydrogen-bond acceptors (Lipinski definition) is 5. The van der Waals surface area contributed by atoms with Gasteiger partial charge in [-0.2, -0.15) is 12.7 Å². The van der Waals surface area contributed by atoms with Gasteiger partial charge in [-0.3, -0.25) is 4.79 Å². The first-order valence-electron chi connectivity index (χ1n) is 11.0. The van der Waals surface area contributed by atoms with Crippen molar-refractivity contribution in [3.8, 4) is 11.5 Å². The van der Waals surface area contributed by atoms with Crippen LogP contribution in [0, 0.1) is 13.8 Å². The van der Waals surface area contributed by atoms with Crippen molar-refractivity contribution >= 4 is 21.8 Å². The van der Waals surface area contributed by atoms with Gasteiger partial charge in [0.15, 0.2) is 11.5 Å². The van der Waals surface area contributed by atoms with Crippen molar-refractivity contribution in [2.24, 2.45) is 0 Å². The van der Waals surface area contributed by atoms with Gasteiger partial charge in [0.25, 0.3) is 0 Å².